The summed E-state index contributed by atoms with van der Waals surface area (Å²) in [5, 5.41) is 0. The fraction of sp³-hybridized carbons (Fsp3) is 0.789. The minimum Gasteiger partial charge on any atom is -0.0839 e. The molecule has 5 atom stereocenters. The summed E-state index contributed by atoms with van der Waals surface area (Å²) in [4.78, 5) is 0. The summed E-state index contributed by atoms with van der Waals surface area (Å²) in [5.74, 6) is 3.01. The Kier molecular flexibility index (Phi) is 2.57. The second-order valence-corrected chi connectivity index (χ2v) is 8.15. The van der Waals surface area contributed by atoms with E-state index < -0.39 is 0 Å². The van der Waals surface area contributed by atoms with Crippen molar-refractivity contribution in [2.75, 3.05) is 0 Å². The van der Waals surface area contributed by atoms with Gasteiger partial charge in [0.1, 0.15) is 0 Å². The van der Waals surface area contributed by atoms with Crippen molar-refractivity contribution in [2.45, 2.75) is 65.2 Å². The molecule has 0 heteroatoms. The number of hydrogen-bond acceptors (Lipinski definition) is 0. The normalized spacial score (nSPS) is 52.1. The number of allylic oxidation sites excluding steroid dienone is 4. The lowest BCUT2D eigenvalue weighted by Crippen LogP contribution is -2.47. The Morgan fingerprint density at radius 3 is 2.84 bits per heavy atom. The Labute approximate surface area is 118 Å². The minimum atomic E-state index is 0.422. The quantitative estimate of drug-likeness (QED) is 0.502. The third-order valence-electron chi connectivity index (χ3n) is 7.39. The molecule has 4 aliphatic carbocycles. The van der Waals surface area contributed by atoms with Crippen LogP contribution in [-0.2, 0) is 0 Å². The van der Waals surface area contributed by atoms with Crippen molar-refractivity contribution in [3.05, 3.63) is 23.8 Å². The van der Waals surface area contributed by atoms with Crippen LogP contribution in [0.4, 0.5) is 0 Å². The molecule has 4 aliphatic rings. The molecule has 0 aromatic heterocycles. The third-order valence-corrected chi connectivity index (χ3v) is 7.39. The first kappa shape index (κ1) is 12.2. The monoisotopic (exact) mass is 256 g/mol. The first-order chi connectivity index (χ1) is 9.13. The maximum atomic E-state index is 2.60. The van der Waals surface area contributed by atoms with Gasteiger partial charge in [-0.05, 0) is 68.1 Å². The fourth-order valence-corrected chi connectivity index (χ4v) is 6.33. The first-order valence-electron chi connectivity index (χ1n) is 8.51. The Bertz CT molecular complexity index is 443. The van der Waals surface area contributed by atoms with Crippen LogP contribution in [0.15, 0.2) is 23.8 Å². The SMILES string of the molecule is CC12CCCC1C1CCC3=CCC=CC3(C)C1CC2. The largest absolute Gasteiger partial charge is 0.0839 e. The molecule has 104 valence electrons. The molecule has 0 aromatic rings. The fourth-order valence-electron chi connectivity index (χ4n) is 6.33. The first-order valence-corrected chi connectivity index (χ1v) is 8.51. The standard InChI is InChI=1S/C19H28/c1-18-11-5-7-16(18)15-9-8-14-6-3-4-12-19(14,2)17(15)10-13-18/h4,6,12,15-17H,3,5,7-11,13H2,1-2H3. The molecule has 0 radical (unpaired) electrons. The summed E-state index contributed by atoms with van der Waals surface area (Å²) in [6.45, 7) is 5.15. The molecule has 0 bridgehead atoms. The average molecular weight is 256 g/mol. The van der Waals surface area contributed by atoms with E-state index in [4.69, 9.17) is 0 Å². The predicted octanol–water partition coefficient (Wildman–Crippen LogP) is 5.51. The van der Waals surface area contributed by atoms with Gasteiger partial charge < -0.3 is 0 Å². The lowest BCUT2D eigenvalue weighted by molar-refractivity contribution is -0.0153. The Hall–Kier alpha value is -0.520. The van der Waals surface area contributed by atoms with Crippen LogP contribution in [0.5, 0.6) is 0 Å². The van der Waals surface area contributed by atoms with E-state index >= 15 is 0 Å². The molecule has 0 spiro atoms. The summed E-state index contributed by atoms with van der Waals surface area (Å²) in [6.07, 6.45) is 19.1. The molecule has 0 N–H and O–H groups in total. The van der Waals surface area contributed by atoms with E-state index in [-0.39, 0.29) is 0 Å². The average Bonchev–Trinajstić information content (AvgIpc) is 2.79. The van der Waals surface area contributed by atoms with Gasteiger partial charge in [0.25, 0.3) is 0 Å². The molecule has 0 amide bonds. The van der Waals surface area contributed by atoms with Gasteiger partial charge in [0.2, 0.25) is 0 Å². The summed E-state index contributed by atoms with van der Waals surface area (Å²) in [5.41, 5.74) is 2.90. The number of fused-ring (bicyclic) bond motifs is 5. The van der Waals surface area contributed by atoms with Crippen LogP contribution in [0.1, 0.15) is 65.2 Å². The molecule has 0 heterocycles. The van der Waals surface area contributed by atoms with Crippen molar-refractivity contribution >= 4 is 0 Å². The van der Waals surface area contributed by atoms with Crippen LogP contribution >= 0.6 is 0 Å². The van der Waals surface area contributed by atoms with Crippen molar-refractivity contribution in [1.82, 2.24) is 0 Å². The molecule has 3 fully saturated rings. The lowest BCUT2D eigenvalue weighted by Gasteiger charge is -2.56. The van der Waals surface area contributed by atoms with Gasteiger partial charge in [0.05, 0.1) is 0 Å². The maximum absolute atomic E-state index is 2.60. The van der Waals surface area contributed by atoms with E-state index in [1.54, 1.807) is 5.57 Å². The summed E-state index contributed by atoms with van der Waals surface area (Å²) in [7, 11) is 0. The molecule has 19 heavy (non-hydrogen) atoms. The zero-order valence-corrected chi connectivity index (χ0v) is 12.6. The van der Waals surface area contributed by atoms with Crippen LogP contribution in [0.25, 0.3) is 0 Å². The molecular weight excluding hydrogens is 228 g/mol. The topological polar surface area (TPSA) is 0 Å². The van der Waals surface area contributed by atoms with Gasteiger partial charge in [-0.3, -0.25) is 0 Å². The number of rotatable bonds is 0. The van der Waals surface area contributed by atoms with Gasteiger partial charge in [-0.1, -0.05) is 44.1 Å². The predicted molar refractivity (Wildman–Crippen MR) is 80.8 cm³/mol. The van der Waals surface area contributed by atoms with Gasteiger partial charge in [-0.25, -0.2) is 0 Å². The smallest absolute Gasteiger partial charge is 0.00936 e. The molecule has 0 aromatic carbocycles. The van der Waals surface area contributed by atoms with E-state index in [9.17, 15) is 0 Å². The van der Waals surface area contributed by atoms with E-state index in [1.165, 1.54) is 51.4 Å². The van der Waals surface area contributed by atoms with Crippen molar-refractivity contribution in [3.63, 3.8) is 0 Å². The van der Waals surface area contributed by atoms with Crippen LogP contribution in [0.3, 0.4) is 0 Å². The van der Waals surface area contributed by atoms with E-state index in [0.717, 1.165) is 17.8 Å². The highest BCUT2D eigenvalue weighted by atomic mass is 14.6. The van der Waals surface area contributed by atoms with Crippen LogP contribution in [0.2, 0.25) is 0 Å². The van der Waals surface area contributed by atoms with Crippen molar-refractivity contribution < 1.29 is 0 Å². The molecule has 4 rings (SSSR count). The molecule has 0 nitrogen and oxygen atoms in total. The second-order valence-electron chi connectivity index (χ2n) is 8.15. The lowest BCUT2D eigenvalue weighted by atomic mass is 9.48. The van der Waals surface area contributed by atoms with Gasteiger partial charge >= 0.3 is 0 Å². The highest BCUT2D eigenvalue weighted by Crippen LogP contribution is 2.64. The zero-order chi connectivity index (χ0) is 13.1. The molecule has 0 aliphatic heterocycles. The second kappa shape index (κ2) is 3.99. The molecular formula is C19H28. The zero-order valence-electron chi connectivity index (χ0n) is 12.6. The van der Waals surface area contributed by atoms with E-state index in [1.807, 2.05) is 0 Å². The van der Waals surface area contributed by atoms with Crippen molar-refractivity contribution in [2.24, 2.45) is 28.6 Å². The summed E-state index contributed by atoms with van der Waals surface area (Å²) in [6, 6.07) is 0. The van der Waals surface area contributed by atoms with Crippen LogP contribution < -0.4 is 0 Å². The van der Waals surface area contributed by atoms with Gasteiger partial charge in [0, 0.05) is 5.41 Å². The number of hydrogen-bond donors (Lipinski definition) is 0. The van der Waals surface area contributed by atoms with Crippen molar-refractivity contribution in [3.8, 4) is 0 Å². The molecule has 0 saturated heterocycles. The van der Waals surface area contributed by atoms with E-state index in [0.29, 0.717) is 10.8 Å². The van der Waals surface area contributed by atoms with Crippen LogP contribution in [-0.4, -0.2) is 0 Å². The minimum absolute atomic E-state index is 0.422. The summed E-state index contributed by atoms with van der Waals surface area (Å²) < 4.78 is 0. The molecule has 5 unspecified atom stereocenters. The van der Waals surface area contributed by atoms with Gasteiger partial charge in [-0.2, -0.15) is 0 Å². The maximum Gasteiger partial charge on any atom is 0.00936 e. The van der Waals surface area contributed by atoms with Gasteiger partial charge in [0.15, 0.2) is 0 Å². The van der Waals surface area contributed by atoms with E-state index in [2.05, 4.69) is 32.1 Å². The molecule has 3 saturated carbocycles. The third kappa shape index (κ3) is 1.58. The Morgan fingerprint density at radius 2 is 1.95 bits per heavy atom. The summed E-state index contributed by atoms with van der Waals surface area (Å²) >= 11 is 0. The Morgan fingerprint density at radius 1 is 1.05 bits per heavy atom. The van der Waals surface area contributed by atoms with Gasteiger partial charge in [-0.15, -0.1) is 0 Å². The van der Waals surface area contributed by atoms with Crippen molar-refractivity contribution in [1.29, 1.82) is 0 Å². The van der Waals surface area contributed by atoms with Crippen LogP contribution in [0, 0.1) is 28.6 Å². The highest BCUT2D eigenvalue weighted by Gasteiger charge is 2.54. The Balaban J connectivity index is 1.71. The highest BCUT2D eigenvalue weighted by molar-refractivity contribution is 5.31.